The molecule has 4 saturated carbocycles. The molecular formula is C55H41N5S. The van der Waals surface area contributed by atoms with Gasteiger partial charge in [0.05, 0.1) is 26.8 Å². The van der Waals surface area contributed by atoms with Crippen LogP contribution in [0.5, 0.6) is 0 Å². The Hall–Kier alpha value is -6.63. The molecule has 7 aromatic carbocycles. The molecule has 4 aliphatic carbocycles. The lowest BCUT2D eigenvalue weighted by Crippen LogP contribution is -2.49. The maximum Gasteiger partial charge on any atom is 0.163 e. The molecule has 15 rings (SSSR count). The highest BCUT2D eigenvalue weighted by Crippen LogP contribution is 2.60. The second-order valence-electron chi connectivity index (χ2n) is 18.2. The van der Waals surface area contributed by atoms with E-state index < -0.39 is 0 Å². The number of thiophene rings is 1. The fourth-order valence-corrected chi connectivity index (χ4v) is 13.8. The highest BCUT2D eigenvalue weighted by Gasteiger charge is 2.53. The van der Waals surface area contributed by atoms with Crippen molar-refractivity contribution in [2.75, 3.05) is 0 Å². The van der Waals surface area contributed by atoms with Crippen molar-refractivity contribution in [3.8, 4) is 34.2 Å². The van der Waals surface area contributed by atoms with E-state index in [2.05, 4.69) is 167 Å². The summed E-state index contributed by atoms with van der Waals surface area (Å²) < 4.78 is 7.62. The summed E-state index contributed by atoms with van der Waals surface area (Å²) in [5.41, 5.74) is 9.36. The van der Waals surface area contributed by atoms with Gasteiger partial charge in [-0.3, -0.25) is 0 Å². The highest BCUT2D eigenvalue weighted by atomic mass is 32.1. The minimum Gasteiger partial charge on any atom is -0.309 e. The van der Waals surface area contributed by atoms with Crippen LogP contribution in [0.15, 0.2) is 158 Å². The van der Waals surface area contributed by atoms with Gasteiger partial charge in [-0.05, 0) is 111 Å². The number of benzene rings is 7. The lowest BCUT2D eigenvalue weighted by atomic mass is 9.49. The third kappa shape index (κ3) is 4.91. The maximum absolute atomic E-state index is 5.44. The van der Waals surface area contributed by atoms with E-state index in [4.69, 9.17) is 15.0 Å². The van der Waals surface area contributed by atoms with Gasteiger partial charge in [0.15, 0.2) is 11.6 Å². The molecule has 0 amide bonds. The van der Waals surface area contributed by atoms with Crippen LogP contribution in [0.1, 0.15) is 44.3 Å². The predicted molar refractivity (Wildman–Crippen MR) is 252 cm³/mol. The number of hydrogen-bond acceptors (Lipinski definition) is 4. The third-order valence-corrected chi connectivity index (χ3v) is 15.8. The van der Waals surface area contributed by atoms with Gasteiger partial charge in [-0.25, -0.2) is 15.0 Å². The Balaban J connectivity index is 1.02. The first-order chi connectivity index (χ1) is 30.2. The van der Waals surface area contributed by atoms with Crippen molar-refractivity contribution >= 4 is 75.1 Å². The fraction of sp³-hybridized carbons (Fsp3) is 0.182. The standard InChI is InChI=1S/C55H41N5S/c1-3-13-36(14-4-1)52-56-53(58-54(57-52)55-30-33-27-34(31-55)29-35(28-33)32-55)37-23-25-39(26-24-37)59-43-20-10-7-17-40(43)46-47-41-18-8-11-21-44(41)60(38-15-5-2-6-16-38)50(47)51-48(49(46)59)42-19-9-12-22-45(42)61-51/h1-26,33-35H,27-32H2. The first-order valence-electron chi connectivity index (χ1n) is 22.0. The third-order valence-electron chi connectivity index (χ3n) is 14.6. The van der Waals surface area contributed by atoms with Gasteiger partial charge < -0.3 is 9.13 Å². The summed E-state index contributed by atoms with van der Waals surface area (Å²) in [4.78, 5) is 16.0. The average Bonchev–Trinajstić information content (AvgIpc) is 3.97. The molecule has 4 heterocycles. The van der Waals surface area contributed by atoms with E-state index in [1.165, 1.54) is 108 Å². The van der Waals surface area contributed by atoms with Crippen LogP contribution in [0.3, 0.4) is 0 Å². The molecule has 11 aromatic rings. The lowest BCUT2D eigenvalue weighted by molar-refractivity contribution is -0.00938. The van der Waals surface area contributed by atoms with Crippen LogP contribution in [0.4, 0.5) is 0 Å². The summed E-state index contributed by atoms with van der Waals surface area (Å²) >= 11 is 1.91. The van der Waals surface area contributed by atoms with Crippen LogP contribution in [-0.4, -0.2) is 24.1 Å². The molecule has 0 atom stereocenters. The summed E-state index contributed by atoms with van der Waals surface area (Å²) in [7, 11) is 0. The number of nitrogens with zero attached hydrogens (tertiary/aromatic N) is 5. The van der Waals surface area contributed by atoms with Crippen molar-refractivity contribution in [3.05, 3.63) is 164 Å². The number of para-hydroxylation sites is 3. The molecule has 0 unspecified atom stereocenters. The molecule has 6 heteroatoms. The quantitative estimate of drug-likeness (QED) is 0.174. The Bertz CT molecular complexity index is 3520. The number of rotatable bonds is 5. The Kier molecular flexibility index (Phi) is 7.10. The molecule has 0 N–H and O–H groups in total. The van der Waals surface area contributed by atoms with Gasteiger partial charge in [-0.15, -0.1) is 11.3 Å². The van der Waals surface area contributed by atoms with E-state index in [0.717, 1.165) is 52.0 Å². The largest absolute Gasteiger partial charge is 0.309 e. The first kappa shape index (κ1) is 34.1. The van der Waals surface area contributed by atoms with Gasteiger partial charge in [0.2, 0.25) is 0 Å². The molecule has 0 saturated heterocycles. The molecule has 4 bridgehead atoms. The second-order valence-corrected chi connectivity index (χ2v) is 19.3. The van der Waals surface area contributed by atoms with Crippen molar-refractivity contribution in [2.24, 2.45) is 17.8 Å². The van der Waals surface area contributed by atoms with Crippen LogP contribution in [0, 0.1) is 17.8 Å². The highest BCUT2D eigenvalue weighted by molar-refractivity contribution is 7.27. The zero-order chi connectivity index (χ0) is 39.8. The van der Waals surface area contributed by atoms with E-state index in [9.17, 15) is 0 Å². The van der Waals surface area contributed by atoms with E-state index in [1.54, 1.807) is 0 Å². The van der Waals surface area contributed by atoms with Crippen LogP contribution in [0.25, 0.3) is 97.9 Å². The molecule has 4 aliphatic rings. The van der Waals surface area contributed by atoms with Crippen molar-refractivity contribution < 1.29 is 0 Å². The van der Waals surface area contributed by atoms with Crippen LogP contribution < -0.4 is 0 Å². The first-order valence-corrected chi connectivity index (χ1v) is 22.8. The van der Waals surface area contributed by atoms with Gasteiger partial charge in [-0.1, -0.05) is 103 Å². The molecule has 0 spiro atoms. The van der Waals surface area contributed by atoms with Gasteiger partial charge in [0, 0.05) is 64.9 Å². The summed E-state index contributed by atoms with van der Waals surface area (Å²) in [5.74, 6) is 5.00. The van der Waals surface area contributed by atoms with E-state index in [1.807, 2.05) is 11.3 Å². The van der Waals surface area contributed by atoms with Crippen molar-refractivity contribution in [2.45, 2.75) is 43.9 Å². The number of fused-ring (bicyclic) bond motifs is 12. The van der Waals surface area contributed by atoms with Crippen molar-refractivity contribution in [3.63, 3.8) is 0 Å². The Morgan fingerprint density at radius 2 is 0.934 bits per heavy atom. The Morgan fingerprint density at radius 3 is 1.57 bits per heavy atom. The lowest BCUT2D eigenvalue weighted by Gasteiger charge is -2.56. The van der Waals surface area contributed by atoms with Gasteiger partial charge in [-0.2, -0.15) is 0 Å². The predicted octanol–water partition coefficient (Wildman–Crippen LogP) is 14.2. The smallest absolute Gasteiger partial charge is 0.163 e. The molecular weight excluding hydrogens is 763 g/mol. The molecule has 4 aromatic heterocycles. The van der Waals surface area contributed by atoms with Crippen LogP contribution in [-0.2, 0) is 5.41 Å². The zero-order valence-corrected chi connectivity index (χ0v) is 34.4. The summed E-state index contributed by atoms with van der Waals surface area (Å²) in [6.07, 6.45) is 7.81. The molecule has 4 fully saturated rings. The SMILES string of the molecule is c1ccc(-c2nc(-c3ccc(-n4c5ccccc5c5c6c7ccccc7n(-c7ccccc7)c6c6sc7ccccc7c6c54)cc3)nc(C34CC5CC(CC(C5)C3)C4)n2)cc1. The summed E-state index contributed by atoms with van der Waals surface area (Å²) in [5, 5.41) is 7.70. The van der Waals surface area contributed by atoms with Gasteiger partial charge in [0.25, 0.3) is 0 Å². The number of hydrogen-bond donors (Lipinski definition) is 0. The topological polar surface area (TPSA) is 48.5 Å². The van der Waals surface area contributed by atoms with E-state index in [0.29, 0.717) is 0 Å². The summed E-state index contributed by atoms with van der Waals surface area (Å²) in [6, 6.07) is 57.4. The minimum absolute atomic E-state index is 0.0581. The second kappa shape index (κ2) is 12.7. The Labute approximate surface area is 357 Å². The molecule has 0 aliphatic heterocycles. The van der Waals surface area contributed by atoms with Crippen LogP contribution in [0.2, 0.25) is 0 Å². The van der Waals surface area contributed by atoms with Crippen LogP contribution >= 0.6 is 11.3 Å². The molecule has 61 heavy (non-hydrogen) atoms. The maximum atomic E-state index is 5.44. The zero-order valence-electron chi connectivity index (χ0n) is 33.6. The molecule has 292 valence electrons. The van der Waals surface area contributed by atoms with Gasteiger partial charge in [0.1, 0.15) is 5.82 Å². The van der Waals surface area contributed by atoms with E-state index >= 15 is 0 Å². The fourth-order valence-electron chi connectivity index (χ4n) is 12.6. The summed E-state index contributed by atoms with van der Waals surface area (Å²) in [6.45, 7) is 0. The van der Waals surface area contributed by atoms with Crippen molar-refractivity contribution in [1.29, 1.82) is 0 Å². The molecule has 5 nitrogen and oxygen atoms in total. The van der Waals surface area contributed by atoms with Gasteiger partial charge >= 0.3 is 0 Å². The monoisotopic (exact) mass is 803 g/mol. The number of aromatic nitrogens is 5. The molecule has 0 radical (unpaired) electrons. The Morgan fingerprint density at radius 1 is 0.443 bits per heavy atom. The minimum atomic E-state index is 0.0581. The van der Waals surface area contributed by atoms with E-state index in [-0.39, 0.29) is 5.41 Å². The van der Waals surface area contributed by atoms with Crippen molar-refractivity contribution in [1.82, 2.24) is 24.1 Å². The average molecular weight is 804 g/mol. The normalized spacial score (nSPS) is 21.0.